The zero-order valence-electron chi connectivity index (χ0n) is 14.8. The van der Waals surface area contributed by atoms with Crippen molar-refractivity contribution in [3.63, 3.8) is 0 Å². The molecule has 2 rings (SSSR count). The summed E-state index contributed by atoms with van der Waals surface area (Å²) < 4.78 is 0. The summed E-state index contributed by atoms with van der Waals surface area (Å²) in [4.78, 5) is 12.8. The van der Waals surface area contributed by atoms with E-state index in [0.29, 0.717) is 0 Å². The van der Waals surface area contributed by atoms with Gasteiger partial charge in [0.15, 0.2) is 0 Å². The van der Waals surface area contributed by atoms with E-state index in [9.17, 15) is 4.79 Å². The SMILES string of the molecule is CC[P+]1(C(C)C(=O)Nc2c(C)cc(Cl)cc2C)CCCCC1.[Y]. The summed E-state index contributed by atoms with van der Waals surface area (Å²) in [6.45, 7) is 8.44. The molecule has 0 aliphatic carbocycles. The Hall–Kier alpha value is 0.514. The number of amides is 1. The first-order valence-corrected chi connectivity index (χ1v) is 11.1. The van der Waals surface area contributed by atoms with E-state index in [0.717, 1.165) is 21.8 Å². The van der Waals surface area contributed by atoms with Gasteiger partial charge in [-0.2, -0.15) is 0 Å². The summed E-state index contributed by atoms with van der Waals surface area (Å²) in [6, 6.07) is 3.83. The van der Waals surface area contributed by atoms with Crippen LogP contribution in [0.4, 0.5) is 5.69 Å². The molecule has 1 fully saturated rings. The van der Waals surface area contributed by atoms with Crippen molar-refractivity contribution >= 4 is 30.5 Å². The van der Waals surface area contributed by atoms with Gasteiger partial charge in [0.2, 0.25) is 0 Å². The molecule has 2 nitrogen and oxygen atoms in total. The Labute approximate surface area is 171 Å². The summed E-state index contributed by atoms with van der Waals surface area (Å²) in [5, 5.41) is 3.92. The van der Waals surface area contributed by atoms with E-state index in [1.807, 2.05) is 26.0 Å². The average molecular weight is 430 g/mol. The van der Waals surface area contributed by atoms with E-state index in [2.05, 4.69) is 19.2 Å². The monoisotopic (exact) mass is 429 g/mol. The van der Waals surface area contributed by atoms with Crippen LogP contribution in [0.2, 0.25) is 5.02 Å². The van der Waals surface area contributed by atoms with Crippen molar-refractivity contribution in [2.45, 2.75) is 52.6 Å². The van der Waals surface area contributed by atoms with Gasteiger partial charge in [-0.25, -0.2) is 0 Å². The molecule has 23 heavy (non-hydrogen) atoms. The molecule has 0 bridgehead atoms. The number of benzene rings is 1. The molecular weight excluding hydrogens is 402 g/mol. The quantitative estimate of drug-likeness (QED) is 0.629. The minimum absolute atomic E-state index is 0. The number of carbonyl (C=O) groups excluding carboxylic acids is 1. The zero-order chi connectivity index (χ0) is 16.3. The summed E-state index contributed by atoms with van der Waals surface area (Å²) in [5.41, 5.74) is 3.18. The van der Waals surface area contributed by atoms with Crippen LogP contribution in [0.1, 0.15) is 44.2 Å². The molecule has 1 saturated heterocycles. The molecule has 1 heterocycles. The molecule has 0 spiro atoms. The van der Waals surface area contributed by atoms with Crippen LogP contribution in [-0.4, -0.2) is 30.1 Å². The van der Waals surface area contributed by atoms with E-state index in [4.69, 9.17) is 11.6 Å². The first kappa shape index (κ1) is 21.6. The van der Waals surface area contributed by atoms with Gasteiger partial charge in [0.25, 0.3) is 5.91 Å². The first-order valence-electron chi connectivity index (χ1n) is 8.33. The van der Waals surface area contributed by atoms with Crippen molar-refractivity contribution in [1.82, 2.24) is 0 Å². The number of aryl methyl sites for hydroxylation is 2. The Balaban J connectivity index is 0.00000264. The predicted octanol–water partition coefficient (Wildman–Crippen LogP) is 5.50. The van der Waals surface area contributed by atoms with Gasteiger partial charge in [-0.05, 0) is 70.2 Å². The minimum atomic E-state index is -1.13. The van der Waals surface area contributed by atoms with Crippen molar-refractivity contribution in [3.8, 4) is 0 Å². The molecule has 1 aliphatic rings. The number of anilines is 1. The average Bonchev–Trinajstić information content (AvgIpc) is 2.50. The van der Waals surface area contributed by atoms with E-state index in [-0.39, 0.29) is 44.3 Å². The molecule has 1 atom stereocenters. The van der Waals surface area contributed by atoms with Crippen LogP contribution >= 0.6 is 18.9 Å². The predicted molar refractivity (Wildman–Crippen MR) is 100 cm³/mol. The molecular formula is C18H28ClNOPY+. The van der Waals surface area contributed by atoms with E-state index < -0.39 is 7.26 Å². The molecule has 1 radical (unpaired) electrons. The molecule has 1 aromatic carbocycles. The first-order chi connectivity index (χ1) is 10.4. The molecule has 1 aliphatic heterocycles. The maximum absolute atomic E-state index is 12.8. The van der Waals surface area contributed by atoms with Crippen LogP contribution in [0.5, 0.6) is 0 Å². The van der Waals surface area contributed by atoms with Gasteiger partial charge >= 0.3 is 0 Å². The summed E-state index contributed by atoms with van der Waals surface area (Å²) in [5.74, 6) is 0.200. The van der Waals surface area contributed by atoms with Crippen LogP contribution in [0.15, 0.2) is 12.1 Å². The van der Waals surface area contributed by atoms with Gasteiger partial charge in [-0.15, -0.1) is 0 Å². The Morgan fingerprint density at radius 3 is 2.22 bits per heavy atom. The molecule has 125 valence electrons. The fourth-order valence-electron chi connectivity index (χ4n) is 3.70. The maximum atomic E-state index is 12.8. The van der Waals surface area contributed by atoms with Crippen molar-refractivity contribution < 1.29 is 37.5 Å². The standard InChI is InChI=1S/C18H27ClNOP.Y/c1-5-22(9-7-6-8-10-22)15(4)18(21)20-17-13(2)11-16(19)12-14(17)3;/h11-12,15H,5-10H2,1-4H3;/p+1. The number of rotatable bonds is 4. The van der Waals surface area contributed by atoms with Gasteiger partial charge in [0, 0.05) is 50.7 Å². The van der Waals surface area contributed by atoms with Gasteiger partial charge < -0.3 is 5.32 Å². The smallest absolute Gasteiger partial charge is 0.264 e. The summed E-state index contributed by atoms with van der Waals surface area (Å²) >= 11 is 6.08. The minimum Gasteiger partial charge on any atom is -0.322 e. The summed E-state index contributed by atoms with van der Waals surface area (Å²) in [7, 11) is -1.13. The third kappa shape index (κ3) is 5.00. The second kappa shape index (κ2) is 9.28. The van der Waals surface area contributed by atoms with Crippen molar-refractivity contribution in [3.05, 3.63) is 28.3 Å². The normalized spacial score (nSPS) is 18.0. The molecule has 5 heteroatoms. The molecule has 0 saturated carbocycles. The third-order valence-electron chi connectivity index (χ3n) is 5.28. The molecule has 1 aromatic rings. The Morgan fingerprint density at radius 2 is 1.74 bits per heavy atom. The fraction of sp³-hybridized carbons (Fsp3) is 0.611. The fourth-order valence-corrected chi connectivity index (χ4v) is 8.48. The Kier molecular flexibility index (Phi) is 8.70. The largest absolute Gasteiger partial charge is 0.322 e. The molecule has 1 amide bonds. The van der Waals surface area contributed by atoms with Crippen LogP contribution < -0.4 is 5.32 Å². The van der Waals surface area contributed by atoms with Crippen LogP contribution in [-0.2, 0) is 37.5 Å². The third-order valence-corrected chi connectivity index (χ3v) is 11.1. The number of carbonyl (C=O) groups is 1. The van der Waals surface area contributed by atoms with Crippen molar-refractivity contribution in [1.29, 1.82) is 0 Å². The number of nitrogens with one attached hydrogen (secondary N) is 1. The van der Waals surface area contributed by atoms with Gasteiger partial charge in [0.1, 0.15) is 5.66 Å². The van der Waals surface area contributed by atoms with Crippen molar-refractivity contribution in [2.24, 2.45) is 0 Å². The number of hydrogen-bond donors (Lipinski definition) is 1. The van der Waals surface area contributed by atoms with Gasteiger partial charge in [-0.3, -0.25) is 4.79 Å². The number of halogens is 1. The topological polar surface area (TPSA) is 29.1 Å². The maximum Gasteiger partial charge on any atom is 0.264 e. The summed E-state index contributed by atoms with van der Waals surface area (Å²) in [6.07, 6.45) is 7.72. The van der Waals surface area contributed by atoms with E-state index in [1.165, 1.54) is 37.7 Å². The van der Waals surface area contributed by atoms with Crippen LogP contribution in [0, 0.1) is 13.8 Å². The van der Waals surface area contributed by atoms with Gasteiger partial charge in [0.05, 0.1) is 18.5 Å². The van der Waals surface area contributed by atoms with E-state index >= 15 is 0 Å². The van der Waals surface area contributed by atoms with Gasteiger partial charge in [-0.1, -0.05) is 11.6 Å². The molecule has 1 N–H and O–H groups in total. The van der Waals surface area contributed by atoms with E-state index in [1.54, 1.807) is 0 Å². The van der Waals surface area contributed by atoms with Crippen LogP contribution in [0.3, 0.4) is 0 Å². The number of hydrogen-bond acceptors (Lipinski definition) is 1. The van der Waals surface area contributed by atoms with Crippen molar-refractivity contribution in [2.75, 3.05) is 23.8 Å². The Bertz CT molecular complexity index is 535. The Morgan fingerprint density at radius 1 is 1.22 bits per heavy atom. The van der Waals surface area contributed by atoms with Crippen LogP contribution in [0.25, 0.3) is 0 Å². The zero-order valence-corrected chi connectivity index (χ0v) is 19.3. The molecule has 1 unspecified atom stereocenters. The molecule has 0 aromatic heterocycles. The second-order valence-corrected chi connectivity index (χ2v) is 11.8. The second-order valence-electron chi connectivity index (χ2n) is 6.62.